The molecule has 1 aromatic heterocycles. The summed E-state index contributed by atoms with van der Waals surface area (Å²) in [6.07, 6.45) is -1.18. The number of cyclic esters (lactones) is 1. The van der Waals surface area contributed by atoms with E-state index in [1.54, 1.807) is 25.1 Å². The average molecular weight is 729 g/mol. The van der Waals surface area contributed by atoms with Gasteiger partial charge in [0.1, 0.15) is 18.1 Å². The molecule has 288 valence electrons. The molecule has 0 spiro atoms. The Balaban J connectivity index is 1.49. The minimum absolute atomic E-state index is 0.183. The van der Waals surface area contributed by atoms with Crippen LogP contribution in [0.4, 0.5) is 4.79 Å². The molecule has 2 radical (unpaired) electrons. The summed E-state index contributed by atoms with van der Waals surface area (Å²) in [6.45, 7) is 16.2. The first-order valence-electron chi connectivity index (χ1n) is 18.6. The minimum atomic E-state index is -1.17. The lowest BCUT2D eigenvalue weighted by atomic mass is 9.73. The van der Waals surface area contributed by atoms with Crippen LogP contribution in [0, 0.1) is 23.7 Å². The number of amides is 1. The summed E-state index contributed by atoms with van der Waals surface area (Å²) < 4.78 is 32.6. The molecule has 1 amide bonds. The van der Waals surface area contributed by atoms with Crippen molar-refractivity contribution >= 4 is 31.5 Å². The first-order valence-corrected chi connectivity index (χ1v) is 18.6. The summed E-state index contributed by atoms with van der Waals surface area (Å²) >= 11 is 0. The minimum Gasteiger partial charge on any atom is -0.458 e. The Labute approximate surface area is 308 Å². The lowest BCUT2D eigenvalue weighted by molar-refractivity contribution is -0.295. The van der Waals surface area contributed by atoms with Gasteiger partial charge in [0.05, 0.1) is 36.1 Å². The SMILES string of the molecule is [B]n1cc(CCN(C)[C@H]2C[C@@H](C)O[C@@H](O[C@@H]3[C@@H](C)C(=O)[C@@H](C)C(=O)O[C@H](CC)[C@@]4(C)OC(=O)N5CCN=C([C@H](C)C[C@@]3(C)OC)[C@H](C)C54)[C@@H]2O)nn1. The van der Waals surface area contributed by atoms with Crippen LogP contribution < -0.4 is 0 Å². The fourth-order valence-electron chi connectivity index (χ4n) is 9.11. The molecule has 4 aliphatic heterocycles. The third kappa shape index (κ3) is 7.68. The highest BCUT2D eigenvalue weighted by molar-refractivity contribution is 6.05. The van der Waals surface area contributed by atoms with Gasteiger partial charge < -0.3 is 38.3 Å². The standard InChI is InChI=1S/C36H57BN6O9/c1-11-26-36(8)30-21(4)27(38-13-15-42(30)34(47)52-36)19(2)17-35(7,48-10)31(22(5)28(44)23(6)32(46)50-26)51-33-29(45)25(16-20(3)49-33)41(9)14-12-24-18-43(37)40-39-24/h18-23,25-26,29-31,33,45H,11-17H2,1-10H3/t19-,20-,21+,22+,23-,25+,26-,29-,30?,31-,33+,35-,36-/m1/s1. The highest BCUT2D eigenvalue weighted by Crippen LogP contribution is 2.44. The molecule has 1 aromatic rings. The van der Waals surface area contributed by atoms with Crippen LogP contribution in [0.2, 0.25) is 0 Å². The second-order valence-corrected chi connectivity index (χ2v) is 15.7. The molecular weight excluding hydrogens is 671 g/mol. The number of Topliss-reactive ketones (excluding diaryl/α,β-unsaturated/α-hetero) is 1. The van der Waals surface area contributed by atoms with E-state index >= 15 is 0 Å². The maximum Gasteiger partial charge on any atom is 0.410 e. The lowest BCUT2D eigenvalue weighted by Crippen LogP contribution is -2.60. The number of methoxy groups -OCH3 is 1. The first kappa shape index (κ1) is 40.3. The first-order chi connectivity index (χ1) is 24.4. The van der Waals surface area contributed by atoms with Gasteiger partial charge in [0.2, 0.25) is 0 Å². The van der Waals surface area contributed by atoms with Crippen LogP contribution in [0.5, 0.6) is 0 Å². The van der Waals surface area contributed by atoms with Crippen molar-refractivity contribution in [3.8, 4) is 0 Å². The van der Waals surface area contributed by atoms with E-state index in [9.17, 15) is 19.5 Å². The number of esters is 1. The molecule has 13 atom stereocenters. The number of likely N-dealkylation sites (N-methyl/N-ethyl adjacent to an activating group) is 1. The van der Waals surface area contributed by atoms with Crippen molar-refractivity contribution in [3.63, 3.8) is 0 Å². The van der Waals surface area contributed by atoms with Gasteiger partial charge >= 0.3 is 12.1 Å². The third-order valence-corrected chi connectivity index (χ3v) is 12.0. The summed E-state index contributed by atoms with van der Waals surface area (Å²) in [6, 6.07) is -0.799. The fraction of sp³-hybridized carbons (Fsp3) is 0.833. The number of ether oxygens (including phenoxy) is 5. The van der Waals surface area contributed by atoms with Gasteiger partial charge in [-0.1, -0.05) is 32.9 Å². The van der Waals surface area contributed by atoms with Crippen LogP contribution in [-0.4, -0.2) is 149 Å². The largest absolute Gasteiger partial charge is 0.458 e. The second-order valence-electron chi connectivity index (χ2n) is 15.7. The number of carbonyl (C=O) groups excluding carboxylic acids is 3. The molecule has 4 aliphatic rings. The quantitative estimate of drug-likeness (QED) is 0.236. The Morgan fingerprint density at radius 2 is 1.85 bits per heavy atom. The number of nitrogens with zero attached hydrogens (tertiary/aromatic N) is 6. The number of ketones is 1. The van der Waals surface area contributed by atoms with Gasteiger partial charge in [-0.15, -0.1) is 5.10 Å². The monoisotopic (exact) mass is 728 g/mol. The van der Waals surface area contributed by atoms with E-state index in [1.807, 2.05) is 46.6 Å². The molecular formula is C36H57BN6O9. The Morgan fingerprint density at radius 1 is 1.13 bits per heavy atom. The van der Waals surface area contributed by atoms with Gasteiger partial charge in [0, 0.05) is 56.4 Å². The predicted molar refractivity (Wildman–Crippen MR) is 191 cm³/mol. The average Bonchev–Trinajstić information content (AvgIpc) is 3.57. The molecule has 15 nitrogen and oxygen atoms in total. The van der Waals surface area contributed by atoms with Gasteiger partial charge in [-0.3, -0.25) is 19.5 Å². The van der Waals surface area contributed by atoms with E-state index < -0.39 is 71.5 Å². The summed E-state index contributed by atoms with van der Waals surface area (Å²) in [4.78, 5) is 50.2. The van der Waals surface area contributed by atoms with Crippen LogP contribution in [0.3, 0.4) is 0 Å². The molecule has 1 N–H and O–H groups in total. The van der Waals surface area contributed by atoms with Crippen molar-refractivity contribution in [2.45, 2.75) is 135 Å². The summed E-state index contributed by atoms with van der Waals surface area (Å²) in [5.41, 5.74) is -0.683. The molecule has 16 heteroatoms. The third-order valence-electron chi connectivity index (χ3n) is 12.0. The number of aliphatic hydroxyl groups is 1. The molecule has 3 fully saturated rings. The molecule has 5 heterocycles. The van der Waals surface area contributed by atoms with Crippen LogP contribution in [0.1, 0.15) is 80.3 Å². The Kier molecular flexibility index (Phi) is 12.3. The number of aliphatic imine (C=N–C) groups is 1. The van der Waals surface area contributed by atoms with E-state index in [4.69, 9.17) is 36.7 Å². The smallest absolute Gasteiger partial charge is 0.410 e. The van der Waals surface area contributed by atoms with Gasteiger partial charge in [-0.05, 0) is 59.9 Å². The zero-order valence-corrected chi connectivity index (χ0v) is 32.4. The van der Waals surface area contributed by atoms with E-state index in [-0.39, 0.29) is 24.0 Å². The van der Waals surface area contributed by atoms with Crippen molar-refractivity contribution in [2.75, 3.05) is 33.8 Å². The van der Waals surface area contributed by atoms with Crippen LogP contribution in [0.15, 0.2) is 11.2 Å². The fourth-order valence-corrected chi connectivity index (χ4v) is 9.11. The Hall–Kier alpha value is -2.92. The summed E-state index contributed by atoms with van der Waals surface area (Å²) in [5.74, 6) is -3.61. The molecule has 5 rings (SSSR count). The number of aromatic nitrogens is 3. The van der Waals surface area contributed by atoms with Crippen molar-refractivity contribution in [2.24, 2.45) is 28.7 Å². The molecule has 0 aromatic carbocycles. The number of carbonyl (C=O) groups is 3. The molecule has 2 bridgehead atoms. The van der Waals surface area contributed by atoms with Crippen molar-refractivity contribution < 1.29 is 43.2 Å². The van der Waals surface area contributed by atoms with E-state index in [2.05, 4.69) is 17.2 Å². The number of hydrogen-bond donors (Lipinski definition) is 1. The van der Waals surface area contributed by atoms with E-state index in [1.165, 1.54) is 6.92 Å². The Morgan fingerprint density at radius 3 is 2.48 bits per heavy atom. The predicted octanol–water partition coefficient (Wildman–Crippen LogP) is 2.21. The highest BCUT2D eigenvalue weighted by atomic mass is 16.7. The second kappa shape index (κ2) is 15.8. The van der Waals surface area contributed by atoms with Crippen molar-refractivity contribution in [3.05, 3.63) is 11.9 Å². The highest BCUT2D eigenvalue weighted by Gasteiger charge is 2.60. The molecule has 52 heavy (non-hydrogen) atoms. The van der Waals surface area contributed by atoms with Crippen LogP contribution >= 0.6 is 0 Å². The van der Waals surface area contributed by atoms with Gasteiger partial charge in [-0.25, -0.2) is 4.79 Å². The topological polar surface area (TPSA) is 167 Å². The van der Waals surface area contributed by atoms with Gasteiger partial charge in [0.15, 0.2) is 17.7 Å². The van der Waals surface area contributed by atoms with E-state index in [0.29, 0.717) is 45.3 Å². The number of hydrogen-bond acceptors (Lipinski definition) is 13. The number of aliphatic hydroxyl groups excluding tert-OH is 1. The molecule has 0 aliphatic carbocycles. The zero-order valence-electron chi connectivity index (χ0n) is 32.4. The van der Waals surface area contributed by atoms with Crippen LogP contribution in [0.25, 0.3) is 0 Å². The number of rotatable bonds is 8. The molecule has 1 unspecified atom stereocenters. The van der Waals surface area contributed by atoms with Crippen molar-refractivity contribution in [1.82, 2.24) is 24.7 Å². The molecule has 3 saturated heterocycles. The zero-order chi connectivity index (χ0) is 38.3. The van der Waals surface area contributed by atoms with Gasteiger partial charge in [0.25, 0.3) is 7.98 Å². The van der Waals surface area contributed by atoms with Crippen molar-refractivity contribution in [1.29, 1.82) is 0 Å². The summed E-state index contributed by atoms with van der Waals surface area (Å²) in [7, 11) is 9.16. The van der Waals surface area contributed by atoms with E-state index in [0.717, 1.165) is 16.0 Å². The maximum absolute atomic E-state index is 14.3. The normalized spacial score (nSPS) is 40.5. The number of fused-ring (bicyclic) bond motifs is 1. The Bertz CT molecular complexity index is 1500. The maximum atomic E-state index is 14.3. The summed E-state index contributed by atoms with van der Waals surface area (Å²) in [5, 5.41) is 19.7. The van der Waals surface area contributed by atoms with Gasteiger partial charge in [-0.2, -0.15) is 0 Å². The van der Waals surface area contributed by atoms with Crippen LogP contribution in [-0.2, 0) is 39.7 Å². The molecule has 0 saturated carbocycles. The lowest BCUT2D eigenvalue weighted by Gasteiger charge is -2.47.